The number of hydrogen-bond donors (Lipinski definition) is 0. The lowest BCUT2D eigenvalue weighted by Crippen LogP contribution is -2.21. The molecule has 1 aliphatic heterocycles. The van der Waals surface area contributed by atoms with Gasteiger partial charge < -0.3 is 0 Å². The van der Waals surface area contributed by atoms with Crippen LogP contribution in [0.3, 0.4) is 0 Å². The number of allylic oxidation sites excluding steroid dienone is 1. The van der Waals surface area contributed by atoms with Gasteiger partial charge in [-0.1, -0.05) is 37.3 Å². The molecular weight excluding hydrogens is 256 g/mol. The fourth-order valence-electron chi connectivity index (χ4n) is 2.63. The highest BCUT2D eigenvalue weighted by Crippen LogP contribution is 2.40. The van der Waals surface area contributed by atoms with Crippen molar-refractivity contribution in [2.45, 2.75) is 19.8 Å². The summed E-state index contributed by atoms with van der Waals surface area (Å²) >= 11 is 0. The summed E-state index contributed by atoms with van der Waals surface area (Å²) < 4.78 is 28.5. The first kappa shape index (κ1) is 12.9. The highest BCUT2D eigenvalue weighted by Gasteiger charge is 2.25. The minimum absolute atomic E-state index is 0.327. The zero-order chi connectivity index (χ0) is 14.1. The molecule has 0 atom stereocenters. The Hall–Kier alpha value is -2.16. The average Bonchev–Trinajstić information content (AvgIpc) is 2.48. The van der Waals surface area contributed by atoms with E-state index >= 15 is 0 Å². The fourth-order valence-corrected chi connectivity index (χ4v) is 2.63. The van der Waals surface area contributed by atoms with Gasteiger partial charge in [0.05, 0.1) is 11.4 Å². The van der Waals surface area contributed by atoms with Crippen LogP contribution in [0.1, 0.15) is 18.1 Å². The van der Waals surface area contributed by atoms with E-state index in [0.29, 0.717) is 17.8 Å². The standard InChI is InChI=1S/C17H15F2N/c1-2-12-6-3-4-9-15(12)20-16(19)11-10-13-7-5-8-14(18)17(13)20/h3-9,11H,2,10H2,1H3. The van der Waals surface area contributed by atoms with Gasteiger partial charge in [-0.15, -0.1) is 0 Å². The molecule has 0 spiro atoms. The third kappa shape index (κ3) is 1.99. The Labute approximate surface area is 117 Å². The molecule has 1 nitrogen and oxygen atoms in total. The summed E-state index contributed by atoms with van der Waals surface area (Å²) in [6.45, 7) is 2.01. The number of aryl methyl sites for hydroxylation is 1. The number of halogens is 2. The minimum atomic E-state index is -0.413. The number of hydrogen-bond acceptors (Lipinski definition) is 1. The van der Waals surface area contributed by atoms with Gasteiger partial charge in [0.1, 0.15) is 5.82 Å². The zero-order valence-electron chi connectivity index (χ0n) is 11.2. The molecule has 2 aromatic carbocycles. The number of nitrogens with zero attached hydrogens (tertiary/aromatic N) is 1. The molecule has 3 heteroatoms. The second-order valence-electron chi connectivity index (χ2n) is 4.80. The molecule has 3 rings (SSSR count). The average molecular weight is 271 g/mol. The first-order valence-corrected chi connectivity index (χ1v) is 6.73. The molecule has 0 radical (unpaired) electrons. The van der Waals surface area contributed by atoms with E-state index in [1.807, 2.05) is 37.3 Å². The van der Waals surface area contributed by atoms with Gasteiger partial charge in [-0.25, -0.2) is 4.39 Å². The van der Waals surface area contributed by atoms with E-state index in [9.17, 15) is 8.78 Å². The smallest absolute Gasteiger partial charge is 0.195 e. The SMILES string of the molecule is CCc1ccccc1N1C(F)=CCc2cccc(F)c21. The Morgan fingerprint density at radius 3 is 2.65 bits per heavy atom. The van der Waals surface area contributed by atoms with E-state index in [2.05, 4.69) is 0 Å². The molecule has 0 aliphatic carbocycles. The maximum atomic E-state index is 14.3. The van der Waals surface area contributed by atoms with Crippen LogP contribution in [-0.2, 0) is 12.8 Å². The summed E-state index contributed by atoms with van der Waals surface area (Å²) in [7, 11) is 0. The van der Waals surface area contributed by atoms with Crippen LogP contribution in [0.4, 0.5) is 20.2 Å². The molecule has 0 amide bonds. The molecule has 20 heavy (non-hydrogen) atoms. The number of anilines is 2. The zero-order valence-corrected chi connectivity index (χ0v) is 11.2. The number of benzene rings is 2. The molecule has 0 saturated carbocycles. The van der Waals surface area contributed by atoms with Crippen molar-refractivity contribution in [1.29, 1.82) is 0 Å². The molecule has 0 fully saturated rings. The summed E-state index contributed by atoms with van der Waals surface area (Å²) in [5, 5.41) is 0. The molecule has 0 N–H and O–H groups in total. The lowest BCUT2D eigenvalue weighted by Gasteiger charge is -2.30. The van der Waals surface area contributed by atoms with E-state index < -0.39 is 11.8 Å². The Bertz CT molecular complexity index is 676. The first-order valence-electron chi connectivity index (χ1n) is 6.73. The summed E-state index contributed by atoms with van der Waals surface area (Å²) in [5.74, 6) is -0.805. The van der Waals surface area contributed by atoms with Gasteiger partial charge in [-0.3, -0.25) is 4.90 Å². The molecule has 0 unspecified atom stereocenters. The summed E-state index contributed by atoms with van der Waals surface area (Å²) in [6.07, 6.45) is 2.68. The Balaban J connectivity index is 2.22. The third-order valence-corrected chi connectivity index (χ3v) is 3.61. The van der Waals surface area contributed by atoms with Gasteiger partial charge >= 0.3 is 0 Å². The van der Waals surface area contributed by atoms with Crippen LogP contribution in [0.2, 0.25) is 0 Å². The van der Waals surface area contributed by atoms with Crippen molar-refractivity contribution >= 4 is 11.4 Å². The number of fused-ring (bicyclic) bond motifs is 1. The van der Waals surface area contributed by atoms with Crippen molar-refractivity contribution in [2.75, 3.05) is 4.90 Å². The number of rotatable bonds is 2. The lowest BCUT2D eigenvalue weighted by atomic mass is 10.0. The van der Waals surface area contributed by atoms with Crippen LogP contribution < -0.4 is 4.90 Å². The van der Waals surface area contributed by atoms with Gasteiger partial charge in [0, 0.05) is 0 Å². The lowest BCUT2D eigenvalue weighted by molar-refractivity contribution is 0.583. The van der Waals surface area contributed by atoms with Crippen molar-refractivity contribution in [1.82, 2.24) is 0 Å². The minimum Gasteiger partial charge on any atom is -0.284 e. The van der Waals surface area contributed by atoms with Crippen molar-refractivity contribution in [3.05, 3.63) is 71.4 Å². The summed E-state index contributed by atoms with van der Waals surface area (Å²) in [5.41, 5.74) is 2.83. The molecular formula is C17H15F2N. The normalized spacial score (nSPS) is 13.9. The Kier molecular flexibility index (Phi) is 3.26. The predicted molar refractivity (Wildman–Crippen MR) is 77.3 cm³/mol. The van der Waals surface area contributed by atoms with Crippen molar-refractivity contribution < 1.29 is 8.78 Å². The highest BCUT2D eigenvalue weighted by molar-refractivity contribution is 5.74. The van der Waals surface area contributed by atoms with Gasteiger partial charge in [0.25, 0.3) is 0 Å². The first-order chi connectivity index (χ1) is 9.72. The van der Waals surface area contributed by atoms with E-state index in [1.54, 1.807) is 6.07 Å². The molecule has 0 saturated heterocycles. The molecule has 102 valence electrons. The van der Waals surface area contributed by atoms with Gasteiger partial charge in [0.15, 0.2) is 5.95 Å². The van der Waals surface area contributed by atoms with E-state index in [1.165, 1.54) is 17.0 Å². The van der Waals surface area contributed by atoms with Crippen LogP contribution in [0, 0.1) is 5.82 Å². The van der Waals surface area contributed by atoms with E-state index in [-0.39, 0.29) is 0 Å². The monoisotopic (exact) mass is 271 g/mol. The molecule has 2 aromatic rings. The maximum Gasteiger partial charge on any atom is 0.195 e. The van der Waals surface area contributed by atoms with Gasteiger partial charge in [-0.2, -0.15) is 4.39 Å². The quantitative estimate of drug-likeness (QED) is 0.703. The van der Waals surface area contributed by atoms with Crippen LogP contribution in [0.25, 0.3) is 0 Å². The second-order valence-corrected chi connectivity index (χ2v) is 4.80. The molecule has 0 aromatic heterocycles. The maximum absolute atomic E-state index is 14.3. The molecule has 1 aliphatic rings. The Morgan fingerprint density at radius 1 is 1.05 bits per heavy atom. The van der Waals surface area contributed by atoms with Crippen LogP contribution >= 0.6 is 0 Å². The largest absolute Gasteiger partial charge is 0.284 e. The van der Waals surface area contributed by atoms with Gasteiger partial charge in [0.2, 0.25) is 0 Å². The van der Waals surface area contributed by atoms with Crippen molar-refractivity contribution in [3.63, 3.8) is 0 Å². The van der Waals surface area contributed by atoms with Crippen molar-refractivity contribution in [2.24, 2.45) is 0 Å². The van der Waals surface area contributed by atoms with Crippen LogP contribution in [0.15, 0.2) is 54.5 Å². The van der Waals surface area contributed by atoms with Crippen LogP contribution in [-0.4, -0.2) is 0 Å². The van der Waals surface area contributed by atoms with Crippen LogP contribution in [0.5, 0.6) is 0 Å². The molecule has 0 bridgehead atoms. The van der Waals surface area contributed by atoms with Crippen molar-refractivity contribution in [3.8, 4) is 0 Å². The summed E-state index contributed by atoms with van der Waals surface area (Å²) in [6, 6.07) is 12.4. The molecule has 1 heterocycles. The Morgan fingerprint density at radius 2 is 1.85 bits per heavy atom. The summed E-state index contributed by atoms with van der Waals surface area (Å²) in [4.78, 5) is 1.38. The topological polar surface area (TPSA) is 3.24 Å². The fraction of sp³-hybridized carbons (Fsp3) is 0.176. The second kappa shape index (κ2) is 5.08. The van der Waals surface area contributed by atoms with E-state index in [0.717, 1.165) is 17.5 Å². The van der Waals surface area contributed by atoms with Gasteiger partial charge in [-0.05, 0) is 42.2 Å². The predicted octanol–water partition coefficient (Wildman–Crippen LogP) is 4.89. The highest BCUT2D eigenvalue weighted by atomic mass is 19.1. The van der Waals surface area contributed by atoms with E-state index in [4.69, 9.17) is 0 Å². The third-order valence-electron chi connectivity index (χ3n) is 3.61. The number of para-hydroxylation sites is 2.